The second-order valence-corrected chi connectivity index (χ2v) is 4.43. The zero-order chi connectivity index (χ0) is 15.7. The minimum absolute atomic E-state index is 0.227. The van der Waals surface area contributed by atoms with E-state index in [-0.39, 0.29) is 11.3 Å². The average molecular weight is 299 g/mol. The Morgan fingerprint density at radius 2 is 1.82 bits per heavy atom. The van der Waals surface area contributed by atoms with Crippen LogP contribution in [0.3, 0.4) is 0 Å². The minimum Gasteiger partial charge on any atom is -0.504 e. The predicted octanol–water partition coefficient (Wildman–Crippen LogP) is 2.72. The molecule has 0 saturated carbocycles. The molecule has 0 spiro atoms. The van der Waals surface area contributed by atoms with Crippen molar-refractivity contribution in [2.24, 2.45) is 0 Å². The highest BCUT2D eigenvalue weighted by atomic mass is 16.6. The van der Waals surface area contributed by atoms with Gasteiger partial charge in [-0.05, 0) is 18.2 Å². The summed E-state index contributed by atoms with van der Waals surface area (Å²) >= 11 is 0. The Bertz CT molecular complexity index is 845. The summed E-state index contributed by atoms with van der Waals surface area (Å²) in [6, 6.07) is 7.31. The van der Waals surface area contributed by atoms with Gasteiger partial charge in [0.25, 0.3) is 0 Å². The molecule has 110 valence electrons. The molecule has 8 heteroatoms. The first-order valence-corrected chi connectivity index (χ1v) is 6.14. The summed E-state index contributed by atoms with van der Waals surface area (Å²) in [5, 5.41) is 33.8. The second kappa shape index (κ2) is 5.17. The zero-order valence-corrected chi connectivity index (χ0v) is 11.0. The van der Waals surface area contributed by atoms with Crippen molar-refractivity contribution in [2.45, 2.75) is 0 Å². The third-order valence-electron chi connectivity index (χ3n) is 3.04. The van der Waals surface area contributed by atoms with Gasteiger partial charge in [0.15, 0.2) is 11.5 Å². The van der Waals surface area contributed by atoms with Gasteiger partial charge in [-0.3, -0.25) is 15.1 Å². The highest BCUT2D eigenvalue weighted by Gasteiger charge is 2.21. The smallest absolute Gasteiger partial charge is 0.315 e. The molecule has 0 atom stereocenters. The van der Waals surface area contributed by atoms with Crippen molar-refractivity contribution < 1.29 is 19.7 Å². The summed E-state index contributed by atoms with van der Waals surface area (Å²) in [4.78, 5) is 14.0. The molecule has 8 nitrogen and oxygen atoms in total. The molecular formula is C14H9N3O5. The van der Waals surface area contributed by atoms with Crippen LogP contribution in [0.1, 0.15) is 0 Å². The van der Waals surface area contributed by atoms with Crippen molar-refractivity contribution in [2.75, 3.05) is 0 Å². The van der Waals surface area contributed by atoms with Crippen molar-refractivity contribution in [3.8, 4) is 34.1 Å². The molecule has 0 bridgehead atoms. The number of nitro benzene ring substituents is 1. The van der Waals surface area contributed by atoms with E-state index in [1.54, 1.807) is 30.6 Å². The predicted molar refractivity (Wildman–Crippen MR) is 75.2 cm³/mol. The van der Waals surface area contributed by atoms with Crippen LogP contribution >= 0.6 is 0 Å². The normalized spacial score (nSPS) is 10.5. The summed E-state index contributed by atoms with van der Waals surface area (Å²) in [7, 11) is 0. The lowest BCUT2D eigenvalue weighted by atomic mass is 10.1. The summed E-state index contributed by atoms with van der Waals surface area (Å²) in [5.41, 5.74) is 0.904. The van der Waals surface area contributed by atoms with Crippen LogP contribution in [0.2, 0.25) is 0 Å². The number of aromatic nitrogens is 2. The van der Waals surface area contributed by atoms with Crippen molar-refractivity contribution in [3.05, 3.63) is 52.8 Å². The largest absolute Gasteiger partial charge is 0.504 e. The van der Waals surface area contributed by atoms with Crippen LogP contribution in [0.15, 0.2) is 47.2 Å². The quantitative estimate of drug-likeness (QED) is 0.433. The lowest BCUT2D eigenvalue weighted by Crippen LogP contribution is -1.89. The van der Waals surface area contributed by atoms with Crippen molar-refractivity contribution in [3.63, 3.8) is 0 Å². The van der Waals surface area contributed by atoms with Crippen LogP contribution in [0, 0.1) is 10.1 Å². The van der Waals surface area contributed by atoms with Crippen LogP contribution in [-0.4, -0.2) is 25.3 Å². The lowest BCUT2D eigenvalue weighted by molar-refractivity contribution is -0.385. The van der Waals surface area contributed by atoms with E-state index in [1.807, 2.05) is 0 Å². The van der Waals surface area contributed by atoms with Gasteiger partial charge in [0.2, 0.25) is 5.75 Å². The number of phenols is 2. The topological polar surface area (TPSA) is 123 Å². The molecule has 2 aromatic heterocycles. The first-order valence-electron chi connectivity index (χ1n) is 6.14. The fourth-order valence-electron chi connectivity index (χ4n) is 1.96. The molecule has 0 fully saturated rings. The fourth-order valence-corrected chi connectivity index (χ4v) is 1.96. The van der Waals surface area contributed by atoms with Gasteiger partial charge in [-0.15, -0.1) is 0 Å². The first-order chi connectivity index (χ1) is 10.6. The van der Waals surface area contributed by atoms with Crippen molar-refractivity contribution in [1.29, 1.82) is 0 Å². The van der Waals surface area contributed by atoms with E-state index in [1.165, 1.54) is 6.07 Å². The van der Waals surface area contributed by atoms with Crippen LogP contribution < -0.4 is 0 Å². The number of hydrogen-bond donors (Lipinski definition) is 2. The van der Waals surface area contributed by atoms with Crippen LogP contribution in [0.4, 0.5) is 5.69 Å². The Hall–Kier alpha value is -3.42. The zero-order valence-electron chi connectivity index (χ0n) is 11.0. The van der Waals surface area contributed by atoms with Crippen LogP contribution in [0.5, 0.6) is 11.5 Å². The molecule has 0 aliphatic rings. The monoisotopic (exact) mass is 299 g/mol. The van der Waals surface area contributed by atoms with Gasteiger partial charge in [0, 0.05) is 35.7 Å². The number of rotatable bonds is 3. The summed E-state index contributed by atoms with van der Waals surface area (Å²) < 4.78 is 5.15. The third kappa shape index (κ3) is 2.33. The van der Waals surface area contributed by atoms with Gasteiger partial charge < -0.3 is 14.7 Å². The highest BCUT2D eigenvalue weighted by Crippen LogP contribution is 2.39. The molecule has 0 aliphatic heterocycles. The molecule has 0 amide bonds. The number of aromatic hydroxyl groups is 2. The van der Waals surface area contributed by atoms with Gasteiger partial charge in [-0.2, -0.15) is 0 Å². The molecule has 0 radical (unpaired) electrons. The SMILES string of the molecule is O=[N+]([O-])c1cc(-c2cc(-c3ccncc3)no2)cc(O)c1O. The van der Waals surface area contributed by atoms with Gasteiger partial charge in [-0.25, -0.2) is 0 Å². The Kier molecular flexibility index (Phi) is 3.18. The second-order valence-electron chi connectivity index (χ2n) is 4.43. The van der Waals surface area contributed by atoms with E-state index in [9.17, 15) is 20.3 Å². The number of benzene rings is 1. The molecular weight excluding hydrogens is 290 g/mol. The average Bonchev–Trinajstić information content (AvgIpc) is 3.00. The lowest BCUT2D eigenvalue weighted by Gasteiger charge is -2.01. The minimum atomic E-state index is -0.793. The molecule has 22 heavy (non-hydrogen) atoms. The Balaban J connectivity index is 2.06. The highest BCUT2D eigenvalue weighted by molar-refractivity contribution is 5.72. The first kappa shape index (κ1) is 13.6. The maximum atomic E-state index is 10.9. The maximum absolute atomic E-state index is 10.9. The Labute approximate surface area is 123 Å². The van der Waals surface area contributed by atoms with Gasteiger partial charge in [0.05, 0.1) is 4.92 Å². The van der Waals surface area contributed by atoms with E-state index in [4.69, 9.17) is 4.52 Å². The molecule has 2 N–H and O–H groups in total. The van der Waals surface area contributed by atoms with Gasteiger partial charge in [-0.1, -0.05) is 5.16 Å². The summed E-state index contributed by atoms with van der Waals surface area (Å²) in [6.07, 6.45) is 3.20. The molecule has 0 saturated heterocycles. The molecule has 3 aromatic rings. The number of pyridine rings is 1. The third-order valence-corrected chi connectivity index (χ3v) is 3.04. The van der Waals surface area contributed by atoms with E-state index in [0.29, 0.717) is 5.69 Å². The van der Waals surface area contributed by atoms with Crippen molar-refractivity contribution >= 4 is 5.69 Å². The molecule has 0 unspecified atom stereocenters. The van der Waals surface area contributed by atoms with E-state index < -0.39 is 22.1 Å². The number of phenolic OH excluding ortho intramolecular Hbond substituents is 2. The Morgan fingerprint density at radius 1 is 1.09 bits per heavy atom. The number of nitro groups is 1. The van der Waals surface area contributed by atoms with Gasteiger partial charge >= 0.3 is 5.69 Å². The molecule has 1 aromatic carbocycles. The maximum Gasteiger partial charge on any atom is 0.315 e. The number of nitrogens with zero attached hydrogens (tertiary/aromatic N) is 3. The van der Waals surface area contributed by atoms with Crippen LogP contribution in [0.25, 0.3) is 22.6 Å². The fraction of sp³-hybridized carbons (Fsp3) is 0. The van der Waals surface area contributed by atoms with Crippen LogP contribution in [-0.2, 0) is 0 Å². The standard InChI is InChI=1S/C14H9N3O5/c18-12-6-9(5-11(14(12)19)17(20)21)13-7-10(16-22-13)8-1-3-15-4-2-8/h1-7,18-19H. The van der Waals surface area contributed by atoms with E-state index >= 15 is 0 Å². The molecule has 2 heterocycles. The number of hydrogen-bond acceptors (Lipinski definition) is 7. The van der Waals surface area contributed by atoms with Gasteiger partial charge in [0.1, 0.15) is 5.69 Å². The van der Waals surface area contributed by atoms with E-state index in [2.05, 4.69) is 10.1 Å². The summed E-state index contributed by atoms with van der Waals surface area (Å²) in [5.74, 6) is -1.17. The molecule has 0 aliphatic carbocycles. The van der Waals surface area contributed by atoms with E-state index in [0.717, 1.165) is 11.6 Å². The van der Waals surface area contributed by atoms with Crippen molar-refractivity contribution in [1.82, 2.24) is 10.1 Å². The Morgan fingerprint density at radius 3 is 2.50 bits per heavy atom. The summed E-state index contributed by atoms with van der Waals surface area (Å²) in [6.45, 7) is 0. The molecule has 3 rings (SSSR count).